The third-order valence-electron chi connectivity index (χ3n) is 2.14. The molecule has 52 valence electrons. The molecule has 9 heavy (non-hydrogen) atoms. The maximum atomic E-state index is 11.7. The van der Waals surface area contributed by atoms with Gasteiger partial charge in [-0.15, -0.1) is 0 Å². The highest BCUT2D eigenvalue weighted by molar-refractivity contribution is 5.14. The van der Waals surface area contributed by atoms with Crippen LogP contribution in [0.25, 0.3) is 0 Å². The number of hydrogen-bond acceptors (Lipinski definition) is 1. The maximum Gasteiger partial charge on any atom is 0.393 e. The minimum absolute atomic E-state index is 0.0787. The molecule has 2 fully saturated rings. The maximum absolute atomic E-state index is 11.7. The second-order valence-corrected chi connectivity index (χ2v) is 2.67. The molecule has 4 heteroatoms. The summed E-state index contributed by atoms with van der Waals surface area (Å²) in [6.45, 7) is 0.564. The van der Waals surface area contributed by atoms with Gasteiger partial charge >= 0.3 is 6.18 Å². The lowest BCUT2D eigenvalue weighted by molar-refractivity contribution is -0.149. The van der Waals surface area contributed by atoms with E-state index in [9.17, 15) is 13.2 Å². The van der Waals surface area contributed by atoms with Crippen molar-refractivity contribution < 1.29 is 13.2 Å². The lowest BCUT2D eigenvalue weighted by atomic mass is 10.3. The summed E-state index contributed by atoms with van der Waals surface area (Å²) in [5, 5.41) is 2.72. The van der Waals surface area contributed by atoms with Crippen LogP contribution in [0.2, 0.25) is 0 Å². The molecule has 0 bridgehead atoms. The monoisotopic (exact) mass is 137 g/mol. The van der Waals surface area contributed by atoms with Gasteiger partial charge < -0.3 is 5.32 Å². The summed E-state index contributed by atoms with van der Waals surface area (Å²) in [6, 6.07) is -0.218. The lowest BCUT2D eigenvalue weighted by Gasteiger charge is -2.08. The Kier molecular flexibility index (Phi) is 0.773. The molecule has 1 saturated heterocycles. The van der Waals surface area contributed by atoms with Crippen molar-refractivity contribution in [2.45, 2.75) is 12.2 Å². The fraction of sp³-hybridized carbons (Fsp3) is 1.00. The predicted molar refractivity (Wildman–Crippen MR) is 24.8 cm³/mol. The van der Waals surface area contributed by atoms with Gasteiger partial charge in [-0.25, -0.2) is 0 Å². The predicted octanol–water partition coefficient (Wildman–Crippen LogP) is 0.766. The van der Waals surface area contributed by atoms with Crippen LogP contribution in [0.5, 0.6) is 0 Å². The van der Waals surface area contributed by atoms with Crippen molar-refractivity contribution in [2.75, 3.05) is 6.54 Å². The highest BCUT2D eigenvalue weighted by Gasteiger charge is 2.68. The van der Waals surface area contributed by atoms with E-state index in [1.54, 1.807) is 0 Å². The van der Waals surface area contributed by atoms with Crippen molar-refractivity contribution >= 4 is 0 Å². The van der Waals surface area contributed by atoms with Crippen LogP contribution in [-0.2, 0) is 0 Å². The standard InChI is InChI=1S/C5H6F3N/c6-5(7,8)3-2-1-9-4(2)3/h2-4,9H,1H2/t2-,3-,4+/m1/s1. The third kappa shape index (κ3) is 0.595. The van der Waals surface area contributed by atoms with Crippen molar-refractivity contribution in [1.29, 1.82) is 0 Å². The molecule has 0 unspecified atom stereocenters. The Hall–Kier alpha value is -0.250. The summed E-state index contributed by atoms with van der Waals surface area (Å²) >= 11 is 0. The molecule has 1 heterocycles. The van der Waals surface area contributed by atoms with E-state index >= 15 is 0 Å². The zero-order valence-corrected chi connectivity index (χ0v) is 4.57. The van der Waals surface area contributed by atoms with E-state index in [-0.39, 0.29) is 12.0 Å². The summed E-state index contributed by atoms with van der Waals surface area (Å²) in [4.78, 5) is 0. The smallest absolute Gasteiger partial charge is 0.313 e. The van der Waals surface area contributed by atoms with Crippen LogP contribution in [0.1, 0.15) is 0 Å². The zero-order chi connectivity index (χ0) is 6.65. The molecule has 0 aromatic rings. The van der Waals surface area contributed by atoms with E-state index in [2.05, 4.69) is 5.32 Å². The van der Waals surface area contributed by atoms with Crippen LogP contribution in [0.15, 0.2) is 0 Å². The molecule has 1 aliphatic heterocycles. The van der Waals surface area contributed by atoms with Gasteiger partial charge in [0.25, 0.3) is 0 Å². The first kappa shape index (κ1) is 5.53. The van der Waals surface area contributed by atoms with Gasteiger partial charge in [0.05, 0.1) is 5.92 Å². The van der Waals surface area contributed by atoms with Crippen LogP contribution in [0, 0.1) is 11.8 Å². The third-order valence-corrected chi connectivity index (χ3v) is 2.14. The molecule has 2 rings (SSSR count). The minimum atomic E-state index is -3.95. The zero-order valence-electron chi connectivity index (χ0n) is 4.57. The number of halogens is 3. The lowest BCUT2D eigenvalue weighted by Crippen LogP contribution is -2.32. The van der Waals surface area contributed by atoms with Crippen LogP contribution in [-0.4, -0.2) is 18.8 Å². The second kappa shape index (κ2) is 1.26. The largest absolute Gasteiger partial charge is 0.393 e. The van der Waals surface area contributed by atoms with Crippen LogP contribution < -0.4 is 5.32 Å². The highest BCUT2D eigenvalue weighted by atomic mass is 19.4. The summed E-state index contributed by atoms with van der Waals surface area (Å²) in [5.74, 6) is -1.09. The van der Waals surface area contributed by atoms with Crippen molar-refractivity contribution in [3.8, 4) is 0 Å². The molecule has 0 aromatic carbocycles. The molecule has 0 spiro atoms. The Morgan fingerprint density at radius 3 is 2.00 bits per heavy atom. The van der Waals surface area contributed by atoms with E-state index < -0.39 is 12.1 Å². The van der Waals surface area contributed by atoms with Gasteiger partial charge in [-0.1, -0.05) is 0 Å². The molecule has 1 N–H and O–H groups in total. The average molecular weight is 137 g/mol. The topological polar surface area (TPSA) is 12.0 Å². The van der Waals surface area contributed by atoms with Gasteiger partial charge in [0.2, 0.25) is 0 Å². The van der Waals surface area contributed by atoms with Crippen LogP contribution in [0.4, 0.5) is 13.2 Å². The van der Waals surface area contributed by atoms with E-state index in [0.29, 0.717) is 6.54 Å². The first-order valence-electron chi connectivity index (χ1n) is 2.91. The van der Waals surface area contributed by atoms with Gasteiger partial charge in [-0.3, -0.25) is 0 Å². The molecule has 0 radical (unpaired) electrons. The number of hydrogen-bond donors (Lipinski definition) is 1. The molecular formula is C5H6F3N. The summed E-state index contributed by atoms with van der Waals surface area (Å²) in [5.41, 5.74) is 0. The van der Waals surface area contributed by atoms with Gasteiger partial charge in [-0.2, -0.15) is 13.2 Å². The normalized spacial score (nSPS) is 47.7. The van der Waals surface area contributed by atoms with E-state index in [1.165, 1.54) is 0 Å². The molecule has 0 amide bonds. The Morgan fingerprint density at radius 2 is 1.89 bits per heavy atom. The average Bonchev–Trinajstić information content (AvgIpc) is 2.04. The number of nitrogens with one attached hydrogen (secondary N) is 1. The van der Waals surface area contributed by atoms with Crippen molar-refractivity contribution in [1.82, 2.24) is 5.32 Å². The number of rotatable bonds is 0. The Bertz CT molecular complexity index is 132. The van der Waals surface area contributed by atoms with Crippen LogP contribution in [0.3, 0.4) is 0 Å². The molecule has 1 nitrogen and oxygen atoms in total. The van der Waals surface area contributed by atoms with Crippen molar-refractivity contribution in [3.63, 3.8) is 0 Å². The quantitative estimate of drug-likeness (QED) is 0.520. The number of fused-ring (bicyclic) bond motifs is 1. The summed E-state index contributed by atoms with van der Waals surface area (Å²) < 4.78 is 35.2. The summed E-state index contributed by atoms with van der Waals surface area (Å²) in [7, 11) is 0. The van der Waals surface area contributed by atoms with E-state index in [1.807, 2.05) is 0 Å². The van der Waals surface area contributed by atoms with Crippen molar-refractivity contribution in [3.05, 3.63) is 0 Å². The molecular weight excluding hydrogens is 131 g/mol. The molecule has 1 aliphatic carbocycles. The number of alkyl halides is 3. The Labute approximate surface area is 50.2 Å². The Morgan fingerprint density at radius 1 is 1.33 bits per heavy atom. The molecule has 3 atom stereocenters. The van der Waals surface area contributed by atoms with Gasteiger partial charge in [0.1, 0.15) is 0 Å². The van der Waals surface area contributed by atoms with Crippen LogP contribution >= 0.6 is 0 Å². The fourth-order valence-corrected chi connectivity index (χ4v) is 1.46. The van der Waals surface area contributed by atoms with Crippen molar-refractivity contribution in [2.24, 2.45) is 11.8 Å². The summed E-state index contributed by atoms with van der Waals surface area (Å²) in [6.07, 6.45) is -3.95. The first-order chi connectivity index (χ1) is 4.11. The van der Waals surface area contributed by atoms with E-state index in [0.717, 1.165) is 0 Å². The SMILES string of the molecule is FC(F)(F)[C@@H]1[C@H]2CN[C@@H]21. The highest BCUT2D eigenvalue weighted by Crippen LogP contribution is 2.54. The minimum Gasteiger partial charge on any atom is -0.313 e. The van der Waals surface area contributed by atoms with E-state index in [4.69, 9.17) is 0 Å². The molecule has 0 aromatic heterocycles. The first-order valence-corrected chi connectivity index (χ1v) is 2.91. The second-order valence-electron chi connectivity index (χ2n) is 2.67. The molecule has 2 aliphatic rings. The molecule has 1 saturated carbocycles. The van der Waals surface area contributed by atoms with Gasteiger partial charge in [-0.05, 0) is 0 Å². The van der Waals surface area contributed by atoms with Gasteiger partial charge in [0, 0.05) is 18.5 Å². The van der Waals surface area contributed by atoms with Gasteiger partial charge in [0.15, 0.2) is 0 Å². The Balaban J connectivity index is 2.02. The fourth-order valence-electron chi connectivity index (χ4n) is 1.46.